The summed E-state index contributed by atoms with van der Waals surface area (Å²) in [5.74, 6) is 0.0918. The molecule has 0 bridgehead atoms. The van der Waals surface area contributed by atoms with E-state index >= 15 is 0 Å². The first-order valence-corrected chi connectivity index (χ1v) is 6.13. The Morgan fingerprint density at radius 3 is 3.00 bits per heavy atom. The van der Waals surface area contributed by atoms with Gasteiger partial charge < -0.3 is 15.4 Å². The molecule has 1 heterocycles. The third kappa shape index (κ3) is 5.25. The van der Waals surface area contributed by atoms with Crippen LogP contribution in [0.1, 0.15) is 18.4 Å². The summed E-state index contributed by atoms with van der Waals surface area (Å²) in [4.78, 5) is 17.9. The molecule has 1 rings (SSSR count). The summed E-state index contributed by atoms with van der Waals surface area (Å²) in [6.07, 6.45) is 4.71. The van der Waals surface area contributed by atoms with Crippen LogP contribution in [0.15, 0.2) is 24.5 Å². The van der Waals surface area contributed by atoms with E-state index in [0.29, 0.717) is 32.7 Å². The molecule has 1 aromatic heterocycles. The number of aromatic nitrogens is 1. The molecule has 5 nitrogen and oxygen atoms in total. The quantitative estimate of drug-likeness (QED) is 0.742. The van der Waals surface area contributed by atoms with Crippen LogP contribution in [0.2, 0.25) is 0 Å². The lowest BCUT2D eigenvalue weighted by molar-refractivity contribution is -0.132. The normalized spacial score (nSPS) is 10.3. The number of pyridine rings is 1. The predicted molar refractivity (Wildman–Crippen MR) is 69.8 cm³/mol. The van der Waals surface area contributed by atoms with Gasteiger partial charge in [-0.3, -0.25) is 9.78 Å². The van der Waals surface area contributed by atoms with Crippen LogP contribution >= 0.6 is 0 Å². The lowest BCUT2D eigenvalue weighted by atomic mass is 10.2. The number of hydrogen-bond acceptors (Lipinski definition) is 4. The first-order valence-electron chi connectivity index (χ1n) is 6.13. The van der Waals surface area contributed by atoms with Crippen LogP contribution in [0.5, 0.6) is 0 Å². The summed E-state index contributed by atoms with van der Waals surface area (Å²) in [7, 11) is 1.60. The summed E-state index contributed by atoms with van der Waals surface area (Å²) in [6.45, 7) is 2.29. The van der Waals surface area contributed by atoms with E-state index in [-0.39, 0.29) is 5.91 Å². The van der Waals surface area contributed by atoms with E-state index in [1.54, 1.807) is 19.5 Å². The number of carbonyl (C=O) groups excluding carboxylic acids is 1. The monoisotopic (exact) mass is 251 g/mol. The van der Waals surface area contributed by atoms with Crippen LogP contribution in [0.25, 0.3) is 0 Å². The molecule has 2 N–H and O–H groups in total. The minimum Gasteiger partial charge on any atom is -0.384 e. The SMILES string of the molecule is COCCC(=O)N(CCCN)Cc1cccnc1. The Hall–Kier alpha value is -1.46. The number of carbonyl (C=O) groups is 1. The smallest absolute Gasteiger partial charge is 0.225 e. The van der Waals surface area contributed by atoms with Crippen LogP contribution in [0, 0.1) is 0 Å². The topological polar surface area (TPSA) is 68.5 Å². The van der Waals surface area contributed by atoms with Crippen molar-refractivity contribution in [2.75, 3.05) is 26.8 Å². The van der Waals surface area contributed by atoms with Crippen LogP contribution in [-0.2, 0) is 16.1 Å². The molecule has 0 aromatic carbocycles. The number of ether oxygens (including phenoxy) is 1. The number of nitrogens with zero attached hydrogens (tertiary/aromatic N) is 2. The van der Waals surface area contributed by atoms with Gasteiger partial charge in [-0.25, -0.2) is 0 Å². The van der Waals surface area contributed by atoms with Crippen molar-refractivity contribution in [1.82, 2.24) is 9.88 Å². The number of rotatable bonds is 8. The molecule has 100 valence electrons. The van der Waals surface area contributed by atoms with Gasteiger partial charge >= 0.3 is 0 Å². The molecule has 0 saturated carbocycles. The van der Waals surface area contributed by atoms with Gasteiger partial charge in [-0.05, 0) is 24.6 Å². The fourth-order valence-electron chi connectivity index (χ4n) is 1.63. The number of hydrogen-bond donors (Lipinski definition) is 1. The molecule has 0 unspecified atom stereocenters. The van der Waals surface area contributed by atoms with Gasteiger partial charge in [-0.15, -0.1) is 0 Å². The van der Waals surface area contributed by atoms with Gasteiger partial charge in [0, 0.05) is 32.6 Å². The van der Waals surface area contributed by atoms with E-state index in [1.807, 2.05) is 17.0 Å². The van der Waals surface area contributed by atoms with Crippen molar-refractivity contribution in [1.29, 1.82) is 0 Å². The Labute approximate surface area is 108 Å². The standard InChI is InChI=1S/C13H21N3O2/c1-18-9-5-13(17)16(8-3-6-14)11-12-4-2-7-15-10-12/h2,4,7,10H,3,5-6,8-9,11,14H2,1H3. The summed E-state index contributed by atoms with van der Waals surface area (Å²) in [5, 5.41) is 0. The Morgan fingerprint density at radius 1 is 1.56 bits per heavy atom. The van der Waals surface area contributed by atoms with Gasteiger partial charge in [0.2, 0.25) is 5.91 Å². The second-order valence-electron chi connectivity index (χ2n) is 4.06. The molecule has 0 spiro atoms. The number of methoxy groups -OCH3 is 1. The highest BCUT2D eigenvalue weighted by molar-refractivity contribution is 5.76. The first kappa shape index (κ1) is 14.6. The molecule has 1 aromatic rings. The van der Waals surface area contributed by atoms with Gasteiger partial charge in [0.05, 0.1) is 13.0 Å². The van der Waals surface area contributed by atoms with Crippen LogP contribution < -0.4 is 5.73 Å². The third-order valence-corrected chi connectivity index (χ3v) is 2.60. The van der Waals surface area contributed by atoms with Gasteiger partial charge in [-0.2, -0.15) is 0 Å². The Balaban J connectivity index is 2.57. The van der Waals surface area contributed by atoms with Gasteiger partial charge in [-0.1, -0.05) is 6.07 Å². The summed E-state index contributed by atoms with van der Waals surface area (Å²) >= 11 is 0. The molecule has 0 fully saturated rings. The highest BCUT2D eigenvalue weighted by atomic mass is 16.5. The summed E-state index contributed by atoms with van der Waals surface area (Å²) in [5.41, 5.74) is 6.52. The molecular formula is C13H21N3O2. The molecule has 0 aliphatic rings. The Kier molecular flexibility index (Phi) is 6.98. The molecule has 0 atom stereocenters. The van der Waals surface area contributed by atoms with E-state index in [0.717, 1.165) is 12.0 Å². The Morgan fingerprint density at radius 2 is 2.39 bits per heavy atom. The highest BCUT2D eigenvalue weighted by Gasteiger charge is 2.13. The zero-order valence-electron chi connectivity index (χ0n) is 10.8. The van der Waals surface area contributed by atoms with Crippen LogP contribution in [0.3, 0.4) is 0 Å². The van der Waals surface area contributed by atoms with E-state index in [2.05, 4.69) is 4.98 Å². The van der Waals surface area contributed by atoms with Gasteiger partial charge in [0.1, 0.15) is 0 Å². The maximum atomic E-state index is 12.0. The molecule has 0 saturated heterocycles. The fraction of sp³-hybridized carbons (Fsp3) is 0.538. The summed E-state index contributed by atoms with van der Waals surface area (Å²) in [6, 6.07) is 3.84. The fourth-order valence-corrected chi connectivity index (χ4v) is 1.63. The minimum absolute atomic E-state index is 0.0918. The van der Waals surface area contributed by atoms with Gasteiger partial charge in [0.15, 0.2) is 0 Å². The zero-order valence-corrected chi connectivity index (χ0v) is 10.8. The average molecular weight is 251 g/mol. The van der Waals surface area contributed by atoms with Gasteiger partial charge in [0.25, 0.3) is 0 Å². The van der Waals surface area contributed by atoms with E-state index in [1.165, 1.54) is 0 Å². The average Bonchev–Trinajstić information content (AvgIpc) is 2.42. The van der Waals surface area contributed by atoms with E-state index in [9.17, 15) is 4.79 Å². The van der Waals surface area contributed by atoms with Crippen molar-refractivity contribution in [2.24, 2.45) is 5.73 Å². The molecule has 1 amide bonds. The van der Waals surface area contributed by atoms with Crippen molar-refractivity contribution in [2.45, 2.75) is 19.4 Å². The molecule has 0 aliphatic heterocycles. The van der Waals surface area contributed by atoms with E-state index in [4.69, 9.17) is 10.5 Å². The molecule has 0 radical (unpaired) electrons. The predicted octanol–water partition coefficient (Wildman–Crippen LogP) is 0.795. The second kappa shape index (κ2) is 8.60. The molecule has 18 heavy (non-hydrogen) atoms. The van der Waals surface area contributed by atoms with Crippen molar-refractivity contribution in [3.63, 3.8) is 0 Å². The second-order valence-corrected chi connectivity index (χ2v) is 4.06. The Bertz CT molecular complexity index is 343. The first-order chi connectivity index (χ1) is 8.77. The zero-order chi connectivity index (χ0) is 13.2. The maximum absolute atomic E-state index is 12.0. The highest BCUT2D eigenvalue weighted by Crippen LogP contribution is 2.05. The lowest BCUT2D eigenvalue weighted by Crippen LogP contribution is -2.33. The van der Waals surface area contributed by atoms with Crippen LogP contribution in [0.4, 0.5) is 0 Å². The van der Waals surface area contributed by atoms with Crippen molar-refractivity contribution >= 4 is 5.91 Å². The lowest BCUT2D eigenvalue weighted by Gasteiger charge is -2.22. The van der Waals surface area contributed by atoms with Crippen molar-refractivity contribution in [3.8, 4) is 0 Å². The van der Waals surface area contributed by atoms with Crippen molar-refractivity contribution < 1.29 is 9.53 Å². The van der Waals surface area contributed by atoms with E-state index < -0.39 is 0 Å². The van der Waals surface area contributed by atoms with Crippen LogP contribution in [-0.4, -0.2) is 42.6 Å². The summed E-state index contributed by atoms with van der Waals surface area (Å²) < 4.78 is 4.93. The largest absolute Gasteiger partial charge is 0.384 e. The molecular weight excluding hydrogens is 230 g/mol. The molecule has 0 aliphatic carbocycles. The number of nitrogens with two attached hydrogens (primary N) is 1. The number of amides is 1. The maximum Gasteiger partial charge on any atom is 0.225 e. The third-order valence-electron chi connectivity index (χ3n) is 2.60. The van der Waals surface area contributed by atoms with Crippen molar-refractivity contribution in [3.05, 3.63) is 30.1 Å². The molecule has 5 heteroatoms. The minimum atomic E-state index is 0.0918.